The highest BCUT2D eigenvalue weighted by molar-refractivity contribution is 6.25. The zero-order valence-electron chi connectivity index (χ0n) is 10.6. The van der Waals surface area contributed by atoms with Crippen molar-refractivity contribution in [3.63, 3.8) is 0 Å². The summed E-state index contributed by atoms with van der Waals surface area (Å²) < 4.78 is 5.39. The van der Waals surface area contributed by atoms with Crippen molar-refractivity contribution >= 4 is 24.0 Å². The van der Waals surface area contributed by atoms with Crippen LogP contribution in [0.15, 0.2) is 12.3 Å². The van der Waals surface area contributed by atoms with E-state index in [2.05, 4.69) is 0 Å². The van der Waals surface area contributed by atoms with Gasteiger partial charge in [0.25, 0.3) is 0 Å². The molecule has 1 rings (SSSR count). The molecule has 0 aromatic carbocycles. The molecule has 1 heterocycles. The van der Waals surface area contributed by atoms with Crippen LogP contribution in [0.5, 0.6) is 0 Å². The fourth-order valence-electron chi connectivity index (χ4n) is 1.90. The van der Waals surface area contributed by atoms with E-state index in [0.717, 1.165) is 4.90 Å². The smallest absolute Gasteiger partial charge is 0.330 e. The molecule has 4 atom stereocenters. The number of imide groups is 1. The Labute approximate surface area is 115 Å². The lowest BCUT2D eigenvalue weighted by Gasteiger charge is -2.32. The first-order valence-electron chi connectivity index (χ1n) is 5.68. The lowest BCUT2D eigenvalue weighted by atomic mass is 10.0. The zero-order chi connectivity index (χ0) is 14.6. The van der Waals surface area contributed by atoms with Crippen LogP contribution in [0.25, 0.3) is 0 Å². The molecule has 1 aliphatic rings. The Morgan fingerprint density at radius 2 is 2.26 bits per heavy atom. The minimum Gasteiger partial charge on any atom is -0.394 e. The maximum absolute atomic E-state index is 11.8. The van der Waals surface area contributed by atoms with E-state index in [9.17, 15) is 14.7 Å². The standard InChI is InChI=1S/C11H17ClN2O5/c1-3-4-14(10(18)13-6-16)9-11(2,12)8(17)7(5-15)19-9/h3-4,6-9,15,17H,5H2,1-2H3,(H,13,16,18). The van der Waals surface area contributed by atoms with E-state index in [1.807, 2.05) is 5.32 Å². The van der Waals surface area contributed by atoms with Gasteiger partial charge in [0, 0.05) is 6.20 Å². The predicted molar refractivity (Wildman–Crippen MR) is 67.3 cm³/mol. The largest absolute Gasteiger partial charge is 0.394 e. The Hall–Kier alpha value is -1.15. The second kappa shape index (κ2) is 6.33. The van der Waals surface area contributed by atoms with Gasteiger partial charge in [-0.3, -0.25) is 15.0 Å². The molecule has 3 amide bonds. The Bertz CT molecular complexity index is 374. The van der Waals surface area contributed by atoms with Gasteiger partial charge in [-0.1, -0.05) is 6.08 Å². The van der Waals surface area contributed by atoms with Crippen LogP contribution < -0.4 is 5.32 Å². The first-order chi connectivity index (χ1) is 8.89. The highest BCUT2D eigenvalue weighted by Crippen LogP contribution is 2.38. The van der Waals surface area contributed by atoms with E-state index in [-0.39, 0.29) is 6.41 Å². The maximum atomic E-state index is 11.8. The van der Waals surface area contributed by atoms with E-state index in [1.165, 1.54) is 13.1 Å². The summed E-state index contributed by atoms with van der Waals surface area (Å²) in [4.78, 5) is 21.8. The second-order valence-electron chi connectivity index (χ2n) is 4.26. The van der Waals surface area contributed by atoms with Crippen LogP contribution in [0.4, 0.5) is 4.79 Å². The van der Waals surface area contributed by atoms with Crippen LogP contribution in [-0.4, -0.2) is 57.5 Å². The molecule has 8 heteroatoms. The van der Waals surface area contributed by atoms with Crippen LogP contribution in [0.3, 0.4) is 0 Å². The van der Waals surface area contributed by atoms with Crippen molar-refractivity contribution in [2.75, 3.05) is 6.61 Å². The topological polar surface area (TPSA) is 99.1 Å². The van der Waals surface area contributed by atoms with Gasteiger partial charge in [0.05, 0.1) is 6.61 Å². The molecular weight excluding hydrogens is 276 g/mol. The Balaban J connectivity index is 3.02. The number of aliphatic hydroxyl groups excluding tert-OH is 2. The third-order valence-corrected chi connectivity index (χ3v) is 3.29. The third kappa shape index (κ3) is 3.06. The quantitative estimate of drug-likeness (QED) is 0.491. The lowest BCUT2D eigenvalue weighted by Crippen LogP contribution is -2.52. The van der Waals surface area contributed by atoms with Gasteiger partial charge >= 0.3 is 6.03 Å². The van der Waals surface area contributed by atoms with Crippen molar-refractivity contribution in [2.24, 2.45) is 0 Å². The van der Waals surface area contributed by atoms with Crippen LogP contribution in [0.1, 0.15) is 13.8 Å². The molecule has 0 radical (unpaired) electrons. The number of hydrogen-bond donors (Lipinski definition) is 3. The molecule has 19 heavy (non-hydrogen) atoms. The number of carbonyl (C=O) groups is 2. The minimum absolute atomic E-state index is 0.235. The number of rotatable bonds is 4. The highest BCUT2D eigenvalue weighted by Gasteiger charge is 2.54. The summed E-state index contributed by atoms with van der Waals surface area (Å²) in [7, 11) is 0. The van der Waals surface area contributed by atoms with E-state index in [0.29, 0.717) is 0 Å². The van der Waals surface area contributed by atoms with E-state index >= 15 is 0 Å². The first kappa shape index (κ1) is 15.9. The van der Waals surface area contributed by atoms with Gasteiger partial charge in [-0.25, -0.2) is 4.79 Å². The normalized spacial score (nSPS) is 34.5. The molecule has 0 aromatic rings. The number of hydrogen-bond acceptors (Lipinski definition) is 5. The monoisotopic (exact) mass is 292 g/mol. The van der Waals surface area contributed by atoms with Crippen LogP contribution in [0, 0.1) is 0 Å². The molecule has 0 aliphatic carbocycles. The van der Waals surface area contributed by atoms with E-state index in [1.54, 1.807) is 13.0 Å². The summed E-state index contributed by atoms with van der Waals surface area (Å²) in [5, 5.41) is 21.0. The third-order valence-electron chi connectivity index (χ3n) is 2.88. The molecule has 0 spiro atoms. The van der Waals surface area contributed by atoms with E-state index < -0.39 is 35.9 Å². The number of alkyl halides is 1. The van der Waals surface area contributed by atoms with Crippen LogP contribution in [0.2, 0.25) is 0 Å². The average Bonchev–Trinajstić information content (AvgIpc) is 2.58. The van der Waals surface area contributed by atoms with Gasteiger partial charge in [-0.05, 0) is 13.8 Å². The van der Waals surface area contributed by atoms with Gasteiger partial charge in [-0.2, -0.15) is 0 Å². The molecule has 108 valence electrons. The molecule has 0 aromatic heterocycles. The summed E-state index contributed by atoms with van der Waals surface area (Å²) in [5.74, 6) is 0. The van der Waals surface area contributed by atoms with Gasteiger partial charge < -0.3 is 14.9 Å². The minimum atomic E-state index is -1.31. The molecule has 3 N–H and O–H groups in total. The Morgan fingerprint density at radius 3 is 2.68 bits per heavy atom. The number of allylic oxidation sites excluding steroid dienone is 1. The molecule has 0 saturated carbocycles. The number of nitrogens with one attached hydrogen (secondary N) is 1. The lowest BCUT2D eigenvalue weighted by molar-refractivity contribution is -0.109. The fraction of sp³-hybridized carbons (Fsp3) is 0.636. The molecule has 0 bridgehead atoms. The molecule has 4 unspecified atom stereocenters. The number of carbonyl (C=O) groups excluding carboxylic acids is 2. The number of nitrogens with zero attached hydrogens (tertiary/aromatic N) is 1. The molecule has 1 fully saturated rings. The van der Waals surface area contributed by atoms with Gasteiger partial charge in [-0.15, -0.1) is 11.6 Å². The summed E-state index contributed by atoms with van der Waals surface area (Å²) in [5.41, 5.74) is 0. The molecular formula is C11H17ClN2O5. The van der Waals surface area contributed by atoms with Crippen molar-refractivity contribution in [3.05, 3.63) is 12.3 Å². The first-order valence-corrected chi connectivity index (χ1v) is 6.06. The van der Waals surface area contributed by atoms with Gasteiger partial charge in [0.2, 0.25) is 6.41 Å². The molecule has 1 aliphatic heterocycles. The van der Waals surface area contributed by atoms with Crippen molar-refractivity contribution in [2.45, 2.75) is 37.2 Å². The van der Waals surface area contributed by atoms with Gasteiger partial charge in [0.1, 0.15) is 17.1 Å². The number of halogens is 1. The zero-order valence-corrected chi connectivity index (χ0v) is 11.4. The van der Waals surface area contributed by atoms with Crippen molar-refractivity contribution in [1.82, 2.24) is 10.2 Å². The fourth-order valence-corrected chi connectivity index (χ4v) is 2.20. The number of amides is 3. The summed E-state index contributed by atoms with van der Waals surface area (Å²) >= 11 is 6.20. The van der Waals surface area contributed by atoms with E-state index in [4.69, 9.17) is 21.4 Å². The highest BCUT2D eigenvalue weighted by atomic mass is 35.5. The number of aliphatic hydroxyl groups is 2. The Morgan fingerprint density at radius 1 is 1.63 bits per heavy atom. The molecule has 1 saturated heterocycles. The number of urea groups is 1. The van der Waals surface area contributed by atoms with Crippen LogP contribution >= 0.6 is 11.6 Å². The Kier molecular flexibility index (Phi) is 5.30. The average molecular weight is 293 g/mol. The SMILES string of the molecule is CC=CN(C(=O)NC=O)C1OC(CO)C(O)C1(C)Cl. The summed E-state index contributed by atoms with van der Waals surface area (Å²) in [6.45, 7) is 2.73. The van der Waals surface area contributed by atoms with Crippen LogP contribution in [-0.2, 0) is 9.53 Å². The van der Waals surface area contributed by atoms with Gasteiger partial charge in [0.15, 0.2) is 6.23 Å². The van der Waals surface area contributed by atoms with Crippen molar-refractivity contribution < 1.29 is 24.5 Å². The number of ether oxygens (including phenoxy) is 1. The second-order valence-corrected chi connectivity index (χ2v) is 5.08. The van der Waals surface area contributed by atoms with Crippen molar-refractivity contribution in [1.29, 1.82) is 0 Å². The maximum Gasteiger partial charge on any atom is 0.330 e. The van der Waals surface area contributed by atoms with Crippen molar-refractivity contribution in [3.8, 4) is 0 Å². The summed E-state index contributed by atoms with van der Waals surface area (Å²) in [6.07, 6.45) is 0.0950. The summed E-state index contributed by atoms with van der Waals surface area (Å²) in [6, 6.07) is -0.740. The molecule has 7 nitrogen and oxygen atoms in total. The predicted octanol–water partition coefficient (Wildman–Crippen LogP) is -0.236.